The Balaban J connectivity index is 1.95. The van der Waals surface area contributed by atoms with Gasteiger partial charge in [0.1, 0.15) is 12.6 Å². The largest absolute Gasteiger partial charge is 0.480 e. The SMILES string of the molecule is O=C(O)CN(C(=O)C1CCCCO1)C1CC1. The van der Waals surface area contributed by atoms with Gasteiger partial charge in [0.25, 0.3) is 5.91 Å². The van der Waals surface area contributed by atoms with Gasteiger partial charge in [-0.3, -0.25) is 9.59 Å². The first-order valence-corrected chi connectivity index (χ1v) is 5.82. The summed E-state index contributed by atoms with van der Waals surface area (Å²) in [7, 11) is 0. The van der Waals surface area contributed by atoms with E-state index in [0.29, 0.717) is 6.61 Å². The Hall–Kier alpha value is -1.10. The molecule has 5 heteroatoms. The molecule has 90 valence electrons. The molecule has 16 heavy (non-hydrogen) atoms. The van der Waals surface area contributed by atoms with Crippen molar-refractivity contribution in [3.63, 3.8) is 0 Å². The summed E-state index contributed by atoms with van der Waals surface area (Å²) in [5.74, 6) is -1.08. The number of hydrogen-bond donors (Lipinski definition) is 1. The fraction of sp³-hybridized carbons (Fsp3) is 0.818. The molecule has 0 aromatic carbocycles. The fourth-order valence-corrected chi connectivity index (χ4v) is 2.04. The van der Waals surface area contributed by atoms with Gasteiger partial charge in [0.15, 0.2) is 0 Å². The molecule has 1 saturated carbocycles. The summed E-state index contributed by atoms with van der Waals surface area (Å²) >= 11 is 0. The van der Waals surface area contributed by atoms with Crippen molar-refractivity contribution < 1.29 is 19.4 Å². The van der Waals surface area contributed by atoms with E-state index in [1.807, 2.05) is 0 Å². The number of hydrogen-bond acceptors (Lipinski definition) is 3. The monoisotopic (exact) mass is 227 g/mol. The molecule has 2 aliphatic rings. The van der Waals surface area contributed by atoms with Crippen LogP contribution in [0.2, 0.25) is 0 Å². The molecule has 1 amide bonds. The highest BCUT2D eigenvalue weighted by Crippen LogP contribution is 2.28. The summed E-state index contributed by atoms with van der Waals surface area (Å²) in [6.07, 6.45) is 4.14. The van der Waals surface area contributed by atoms with Crippen LogP contribution < -0.4 is 0 Å². The molecular formula is C11H17NO4. The zero-order valence-electron chi connectivity index (χ0n) is 9.22. The van der Waals surface area contributed by atoms with Crippen LogP contribution in [0, 0.1) is 0 Å². The zero-order valence-corrected chi connectivity index (χ0v) is 9.22. The lowest BCUT2D eigenvalue weighted by Crippen LogP contribution is -2.45. The number of carbonyl (C=O) groups is 2. The van der Waals surface area contributed by atoms with Crippen molar-refractivity contribution >= 4 is 11.9 Å². The third-order valence-electron chi connectivity index (χ3n) is 3.03. The Morgan fingerprint density at radius 1 is 1.25 bits per heavy atom. The van der Waals surface area contributed by atoms with Gasteiger partial charge in [-0.1, -0.05) is 0 Å². The van der Waals surface area contributed by atoms with E-state index in [9.17, 15) is 9.59 Å². The first kappa shape index (κ1) is 11.4. The summed E-state index contributed by atoms with van der Waals surface area (Å²) in [4.78, 5) is 24.2. The van der Waals surface area contributed by atoms with Gasteiger partial charge in [-0.25, -0.2) is 0 Å². The zero-order chi connectivity index (χ0) is 11.5. The minimum Gasteiger partial charge on any atom is -0.480 e. The first-order valence-electron chi connectivity index (χ1n) is 5.82. The number of carbonyl (C=O) groups excluding carboxylic acids is 1. The van der Waals surface area contributed by atoms with Crippen LogP contribution in [0.4, 0.5) is 0 Å². The Labute approximate surface area is 94.4 Å². The number of ether oxygens (including phenoxy) is 1. The molecule has 0 aromatic heterocycles. The standard InChI is InChI=1S/C11H17NO4/c13-10(14)7-12(8-4-5-8)11(15)9-3-1-2-6-16-9/h8-9H,1-7H2,(H,13,14). The van der Waals surface area contributed by atoms with Crippen LogP contribution in [-0.2, 0) is 14.3 Å². The van der Waals surface area contributed by atoms with Gasteiger partial charge >= 0.3 is 5.97 Å². The Morgan fingerprint density at radius 2 is 2.00 bits per heavy atom. The van der Waals surface area contributed by atoms with Crippen molar-refractivity contribution in [1.29, 1.82) is 0 Å². The Kier molecular flexibility index (Phi) is 3.43. The number of carboxylic acid groups (broad SMARTS) is 1. The van der Waals surface area contributed by atoms with Crippen LogP contribution >= 0.6 is 0 Å². The van der Waals surface area contributed by atoms with E-state index in [1.54, 1.807) is 0 Å². The van der Waals surface area contributed by atoms with E-state index in [-0.39, 0.29) is 18.5 Å². The van der Waals surface area contributed by atoms with Gasteiger partial charge < -0.3 is 14.7 Å². The molecule has 0 bridgehead atoms. The average molecular weight is 227 g/mol. The van der Waals surface area contributed by atoms with Crippen molar-refractivity contribution in [1.82, 2.24) is 4.90 Å². The Morgan fingerprint density at radius 3 is 2.50 bits per heavy atom. The van der Waals surface area contributed by atoms with E-state index >= 15 is 0 Å². The molecule has 1 unspecified atom stereocenters. The van der Waals surface area contributed by atoms with Crippen LogP contribution in [0.3, 0.4) is 0 Å². The highest BCUT2D eigenvalue weighted by Gasteiger charge is 2.37. The Bertz CT molecular complexity index is 282. The molecule has 2 fully saturated rings. The molecule has 1 N–H and O–H groups in total. The molecule has 1 atom stereocenters. The molecule has 1 aliphatic heterocycles. The summed E-state index contributed by atoms with van der Waals surface area (Å²) in [5, 5.41) is 8.77. The molecule has 1 aliphatic carbocycles. The van der Waals surface area contributed by atoms with Crippen molar-refractivity contribution in [2.45, 2.75) is 44.2 Å². The fourth-order valence-electron chi connectivity index (χ4n) is 2.04. The van der Waals surface area contributed by atoms with Crippen LogP contribution in [0.15, 0.2) is 0 Å². The quantitative estimate of drug-likeness (QED) is 0.765. The topological polar surface area (TPSA) is 66.8 Å². The highest BCUT2D eigenvalue weighted by molar-refractivity contribution is 5.85. The van der Waals surface area contributed by atoms with Gasteiger partial charge in [-0.15, -0.1) is 0 Å². The van der Waals surface area contributed by atoms with Gasteiger partial charge in [-0.2, -0.15) is 0 Å². The molecule has 0 radical (unpaired) electrons. The molecule has 1 saturated heterocycles. The average Bonchev–Trinajstić information content (AvgIpc) is 3.10. The van der Waals surface area contributed by atoms with E-state index in [4.69, 9.17) is 9.84 Å². The number of nitrogens with zero attached hydrogens (tertiary/aromatic N) is 1. The summed E-state index contributed by atoms with van der Waals surface area (Å²) in [5.41, 5.74) is 0. The van der Waals surface area contributed by atoms with Crippen LogP contribution in [0.1, 0.15) is 32.1 Å². The van der Waals surface area contributed by atoms with Crippen molar-refractivity contribution in [3.05, 3.63) is 0 Å². The van der Waals surface area contributed by atoms with E-state index in [0.717, 1.165) is 32.1 Å². The lowest BCUT2D eigenvalue weighted by Gasteiger charge is -2.28. The number of carboxylic acids is 1. The molecule has 0 aromatic rings. The van der Waals surface area contributed by atoms with Gasteiger partial charge in [0, 0.05) is 12.6 Å². The van der Waals surface area contributed by atoms with Crippen LogP contribution in [-0.4, -0.2) is 47.2 Å². The summed E-state index contributed by atoms with van der Waals surface area (Å²) in [6.45, 7) is 0.422. The number of amides is 1. The third kappa shape index (κ3) is 2.72. The van der Waals surface area contributed by atoms with Gasteiger partial charge in [0.2, 0.25) is 0 Å². The molecule has 1 heterocycles. The lowest BCUT2D eigenvalue weighted by atomic mass is 10.1. The first-order chi connectivity index (χ1) is 7.68. The second-order valence-electron chi connectivity index (χ2n) is 4.45. The minimum absolute atomic E-state index is 0.133. The predicted molar refractivity (Wildman–Crippen MR) is 56.0 cm³/mol. The minimum atomic E-state index is -0.948. The normalized spacial score (nSPS) is 25.1. The maximum atomic E-state index is 12.1. The third-order valence-corrected chi connectivity index (χ3v) is 3.03. The smallest absolute Gasteiger partial charge is 0.323 e. The predicted octanol–water partition coefficient (Wildman–Crippen LogP) is 0.631. The van der Waals surface area contributed by atoms with E-state index in [1.165, 1.54) is 4.90 Å². The summed E-state index contributed by atoms with van der Waals surface area (Å²) < 4.78 is 5.40. The molecule has 0 spiro atoms. The van der Waals surface area contributed by atoms with Crippen molar-refractivity contribution in [3.8, 4) is 0 Å². The lowest BCUT2D eigenvalue weighted by molar-refractivity contribution is -0.153. The summed E-state index contributed by atoms with van der Waals surface area (Å²) in [6, 6.07) is 0.133. The van der Waals surface area contributed by atoms with E-state index < -0.39 is 12.1 Å². The van der Waals surface area contributed by atoms with Crippen LogP contribution in [0.5, 0.6) is 0 Å². The van der Waals surface area contributed by atoms with Gasteiger partial charge in [0.05, 0.1) is 0 Å². The second-order valence-corrected chi connectivity index (χ2v) is 4.45. The van der Waals surface area contributed by atoms with Crippen LogP contribution in [0.25, 0.3) is 0 Å². The molecule has 5 nitrogen and oxygen atoms in total. The molecule has 2 rings (SSSR count). The maximum absolute atomic E-state index is 12.1. The molecular weight excluding hydrogens is 210 g/mol. The van der Waals surface area contributed by atoms with Crippen molar-refractivity contribution in [2.75, 3.05) is 13.2 Å². The number of aliphatic carboxylic acids is 1. The second kappa shape index (κ2) is 4.82. The van der Waals surface area contributed by atoms with E-state index in [2.05, 4.69) is 0 Å². The van der Waals surface area contributed by atoms with Gasteiger partial charge in [-0.05, 0) is 32.1 Å². The van der Waals surface area contributed by atoms with Crippen molar-refractivity contribution in [2.24, 2.45) is 0 Å². The maximum Gasteiger partial charge on any atom is 0.323 e. The highest BCUT2D eigenvalue weighted by atomic mass is 16.5. The number of rotatable bonds is 4.